The number of carboxylic acid groups (broad SMARTS) is 3. The zero-order valence-electron chi connectivity index (χ0n) is 12.9. The highest BCUT2D eigenvalue weighted by atomic mass is 16.4. The molecule has 0 radical (unpaired) electrons. The lowest BCUT2D eigenvalue weighted by molar-refractivity contribution is 0.0651. The minimum absolute atomic E-state index is 0.159. The molecule has 0 aromatic heterocycles. The van der Waals surface area contributed by atoms with Gasteiger partial charge in [-0.25, -0.2) is 14.4 Å². The molecule has 0 aliphatic rings. The van der Waals surface area contributed by atoms with Crippen LogP contribution >= 0.6 is 0 Å². The molecule has 0 spiro atoms. The molecular formula is C18H16O6. The number of rotatable bonds is 6. The minimum atomic E-state index is -1.30. The largest absolute Gasteiger partial charge is 0.478 e. The number of carboxylic acids is 3. The highest BCUT2D eigenvalue weighted by molar-refractivity contribution is 6.01. The van der Waals surface area contributed by atoms with Crippen LogP contribution in [0, 0.1) is 0 Å². The summed E-state index contributed by atoms with van der Waals surface area (Å²) < 4.78 is 0. The summed E-state index contributed by atoms with van der Waals surface area (Å²) in [6.45, 7) is 1.92. The summed E-state index contributed by atoms with van der Waals surface area (Å²) in [7, 11) is 0. The van der Waals surface area contributed by atoms with Crippen molar-refractivity contribution in [3.05, 3.63) is 70.3 Å². The number of aromatic carboxylic acids is 3. The van der Waals surface area contributed by atoms with Crippen LogP contribution in [0.3, 0.4) is 0 Å². The summed E-state index contributed by atoms with van der Waals surface area (Å²) in [4.78, 5) is 33.4. The zero-order chi connectivity index (χ0) is 17.9. The van der Waals surface area contributed by atoms with E-state index in [0.29, 0.717) is 12.0 Å². The van der Waals surface area contributed by atoms with Crippen LogP contribution in [0.2, 0.25) is 0 Å². The second kappa shape index (κ2) is 6.95. The lowest BCUT2D eigenvalue weighted by Gasteiger charge is -2.17. The van der Waals surface area contributed by atoms with Gasteiger partial charge in [-0.05, 0) is 41.8 Å². The van der Waals surface area contributed by atoms with Crippen molar-refractivity contribution in [2.45, 2.75) is 19.3 Å². The Labute approximate surface area is 138 Å². The van der Waals surface area contributed by atoms with Crippen molar-refractivity contribution in [2.24, 2.45) is 0 Å². The third-order valence-corrected chi connectivity index (χ3v) is 3.88. The van der Waals surface area contributed by atoms with Crippen LogP contribution in [0.4, 0.5) is 0 Å². The van der Waals surface area contributed by atoms with Gasteiger partial charge < -0.3 is 15.3 Å². The monoisotopic (exact) mass is 328 g/mol. The summed E-state index contributed by atoms with van der Waals surface area (Å²) in [5.41, 5.74) is 1.15. The maximum absolute atomic E-state index is 11.3. The Morgan fingerprint density at radius 2 is 1.33 bits per heavy atom. The zero-order valence-corrected chi connectivity index (χ0v) is 12.9. The van der Waals surface area contributed by atoms with E-state index in [4.69, 9.17) is 10.2 Å². The van der Waals surface area contributed by atoms with Gasteiger partial charge in [0, 0.05) is 5.92 Å². The van der Waals surface area contributed by atoms with Gasteiger partial charge in [0.1, 0.15) is 0 Å². The van der Waals surface area contributed by atoms with E-state index in [-0.39, 0.29) is 22.6 Å². The SMILES string of the molecule is CCC(c1ccc(C(=O)O)cc1)c1ccc(C(=O)O)c(C(=O)O)c1. The van der Waals surface area contributed by atoms with Crippen molar-refractivity contribution in [1.82, 2.24) is 0 Å². The molecule has 0 saturated carbocycles. The lowest BCUT2D eigenvalue weighted by atomic mass is 9.87. The van der Waals surface area contributed by atoms with Crippen molar-refractivity contribution in [3.63, 3.8) is 0 Å². The predicted octanol–water partition coefficient (Wildman–Crippen LogP) is 3.32. The van der Waals surface area contributed by atoms with Gasteiger partial charge in [0.25, 0.3) is 0 Å². The van der Waals surface area contributed by atoms with Gasteiger partial charge in [0.15, 0.2) is 0 Å². The van der Waals surface area contributed by atoms with E-state index in [1.165, 1.54) is 24.3 Å². The van der Waals surface area contributed by atoms with Crippen molar-refractivity contribution in [3.8, 4) is 0 Å². The quantitative estimate of drug-likeness (QED) is 0.750. The molecule has 6 nitrogen and oxygen atoms in total. The van der Waals surface area contributed by atoms with Gasteiger partial charge in [0.2, 0.25) is 0 Å². The Kier molecular flexibility index (Phi) is 4.99. The van der Waals surface area contributed by atoms with Gasteiger partial charge in [-0.15, -0.1) is 0 Å². The minimum Gasteiger partial charge on any atom is -0.478 e. The van der Waals surface area contributed by atoms with E-state index < -0.39 is 17.9 Å². The van der Waals surface area contributed by atoms with Crippen LogP contribution in [0.25, 0.3) is 0 Å². The van der Waals surface area contributed by atoms with Crippen molar-refractivity contribution in [1.29, 1.82) is 0 Å². The Balaban J connectivity index is 2.47. The highest BCUT2D eigenvalue weighted by Crippen LogP contribution is 2.29. The molecule has 2 aromatic carbocycles. The molecule has 0 bridgehead atoms. The maximum Gasteiger partial charge on any atom is 0.336 e. The average Bonchev–Trinajstić information content (AvgIpc) is 2.55. The van der Waals surface area contributed by atoms with Gasteiger partial charge in [-0.2, -0.15) is 0 Å². The topological polar surface area (TPSA) is 112 Å². The first-order valence-electron chi connectivity index (χ1n) is 7.29. The Hall–Kier alpha value is -3.15. The van der Waals surface area contributed by atoms with E-state index in [1.54, 1.807) is 18.2 Å². The molecule has 2 rings (SSSR count). The van der Waals surface area contributed by atoms with E-state index in [2.05, 4.69) is 0 Å². The van der Waals surface area contributed by atoms with Crippen LogP contribution in [0.15, 0.2) is 42.5 Å². The second-order valence-corrected chi connectivity index (χ2v) is 5.30. The van der Waals surface area contributed by atoms with Crippen molar-refractivity contribution < 1.29 is 29.7 Å². The molecule has 3 N–H and O–H groups in total. The molecular weight excluding hydrogens is 312 g/mol. The third-order valence-electron chi connectivity index (χ3n) is 3.88. The fourth-order valence-corrected chi connectivity index (χ4v) is 2.66. The molecule has 0 amide bonds. The molecule has 24 heavy (non-hydrogen) atoms. The van der Waals surface area contributed by atoms with Crippen LogP contribution in [0.1, 0.15) is 61.5 Å². The first-order valence-corrected chi connectivity index (χ1v) is 7.29. The summed E-state index contributed by atoms with van der Waals surface area (Å²) in [5.74, 6) is -3.77. The van der Waals surface area contributed by atoms with E-state index >= 15 is 0 Å². The molecule has 0 saturated heterocycles. The molecule has 1 unspecified atom stereocenters. The Morgan fingerprint density at radius 3 is 1.79 bits per heavy atom. The second-order valence-electron chi connectivity index (χ2n) is 5.30. The molecule has 1 atom stereocenters. The molecule has 2 aromatic rings. The molecule has 0 fully saturated rings. The van der Waals surface area contributed by atoms with E-state index in [1.807, 2.05) is 6.92 Å². The lowest BCUT2D eigenvalue weighted by Crippen LogP contribution is -2.10. The summed E-state index contributed by atoms with van der Waals surface area (Å²) in [5, 5.41) is 27.3. The van der Waals surface area contributed by atoms with Crippen LogP contribution in [-0.2, 0) is 0 Å². The van der Waals surface area contributed by atoms with Gasteiger partial charge in [0.05, 0.1) is 16.7 Å². The van der Waals surface area contributed by atoms with Crippen molar-refractivity contribution in [2.75, 3.05) is 0 Å². The molecule has 0 heterocycles. The number of carbonyl (C=O) groups is 3. The van der Waals surface area contributed by atoms with Crippen LogP contribution < -0.4 is 0 Å². The van der Waals surface area contributed by atoms with Gasteiger partial charge in [-0.3, -0.25) is 0 Å². The standard InChI is InChI=1S/C18H16O6/c1-2-13(10-3-5-11(6-4-10)16(19)20)12-7-8-14(17(21)22)15(9-12)18(23)24/h3-9,13H,2H2,1H3,(H,19,20)(H,21,22)(H,23,24). The molecule has 0 aliphatic carbocycles. The molecule has 0 aliphatic heterocycles. The third kappa shape index (κ3) is 3.43. The molecule has 124 valence electrons. The maximum atomic E-state index is 11.3. The Morgan fingerprint density at radius 1 is 0.792 bits per heavy atom. The fraction of sp³-hybridized carbons (Fsp3) is 0.167. The number of hydrogen-bond acceptors (Lipinski definition) is 3. The number of hydrogen-bond donors (Lipinski definition) is 3. The van der Waals surface area contributed by atoms with E-state index in [0.717, 1.165) is 5.56 Å². The first-order chi connectivity index (χ1) is 11.3. The molecule has 6 heteroatoms. The fourth-order valence-electron chi connectivity index (χ4n) is 2.66. The predicted molar refractivity (Wildman–Crippen MR) is 85.9 cm³/mol. The van der Waals surface area contributed by atoms with Crippen LogP contribution in [0.5, 0.6) is 0 Å². The summed E-state index contributed by atoms with van der Waals surface area (Å²) >= 11 is 0. The highest BCUT2D eigenvalue weighted by Gasteiger charge is 2.20. The normalized spacial score (nSPS) is 11.7. The average molecular weight is 328 g/mol. The van der Waals surface area contributed by atoms with Crippen LogP contribution in [-0.4, -0.2) is 33.2 Å². The van der Waals surface area contributed by atoms with E-state index in [9.17, 15) is 19.5 Å². The number of benzene rings is 2. The van der Waals surface area contributed by atoms with Crippen molar-refractivity contribution >= 4 is 17.9 Å². The summed E-state index contributed by atoms with van der Waals surface area (Å²) in [6.07, 6.45) is 0.651. The summed E-state index contributed by atoms with van der Waals surface area (Å²) in [6, 6.07) is 10.6. The van der Waals surface area contributed by atoms with Gasteiger partial charge in [-0.1, -0.05) is 25.1 Å². The first kappa shape index (κ1) is 17.2. The Bertz CT molecular complexity index is 792. The van der Waals surface area contributed by atoms with Gasteiger partial charge >= 0.3 is 17.9 Å². The smallest absolute Gasteiger partial charge is 0.336 e.